The van der Waals surface area contributed by atoms with Crippen molar-refractivity contribution in [1.29, 1.82) is 0 Å². The fraction of sp³-hybridized carbons (Fsp3) is 0.368. The van der Waals surface area contributed by atoms with Crippen molar-refractivity contribution in [2.24, 2.45) is 0 Å². The van der Waals surface area contributed by atoms with Crippen LogP contribution in [0.1, 0.15) is 33.1 Å². The van der Waals surface area contributed by atoms with Crippen LogP contribution >= 0.6 is 24.2 Å². The van der Waals surface area contributed by atoms with Crippen molar-refractivity contribution < 1.29 is 8.42 Å². The zero-order chi connectivity index (χ0) is 22.1. The summed E-state index contributed by atoms with van der Waals surface area (Å²) >= 11 is 9.34. The molecule has 0 aliphatic carbocycles. The van der Waals surface area contributed by atoms with E-state index in [9.17, 15) is 13.2 Å². The Bertz CT molecular complexity index is 1170. The molecule has 0 aliphatic rings. The fourth-order valence-corrected chi connectivity index (χ4v) is 4.19. The van der Waals surface area contributed by atoms with E-state index in [1.807, 2.05) is 19.9 Å². The van der Waals surface area contributed by atoms with E-state index in [1.165, 1.54) is 16.5 Å². The number of rotatable bonds is 8. The maximum Gasteiger partial charge on any atom is 0.323 e. The molecule has 8 nitrogen and oxygen atoms in total. The summed E-state index contributed by atoms with van der Waals surface area (Å²) < 4.78 is 25.6. The zero-order valence-corrected chi connectivity index (χ0v) is 19.3. The second kappa shape index (κ2) is 11.4. The molecule has 3 aromatic rings. The lowest BCUT2D eigenvalue weighted by molar-refractivity contribution is 0.408. The first-order valence-corrected chi connectivity index (χ1v) is 11.9. The predicted octanol–water partition coefficient (Wildman–Crippen LogP) is 4.08. The normalized spacial score (nSPS) is 12.8. The summed E-state index contributed by atoms with van der Waals surface area (Å²) in [5, 5.41) is 2.09. The fourth-order valence-electron chi connectivity index (χ4n) is 2.76. The topological polar surface area (TPSA) is 115 Å². The van der Waals surface area contributed by atoms with E-state index < -0.39 is 10.0 Å². The molecule has 3 rings (SSSR count). The summed E-state index contributed by atoms with van der Waals surface area (Å²) in [5.74, 6) is 0. The Kier molecular flexibility index (Phi) is 9.22. The second-order valence-electron chi connectivity index (χ2n) is 6.48. The number of sulfonamides is 1. The zero-order valence-electron chi connectivity index (χ0n) is 16.9. The average molecular weight is 472 g/mol. The number of fused-ring (bicyclic) bond motifs is 3. The van der Waals surface area contributed by atoms with Crippen LogP contribution in [0.15, 0.2) is 45.2 Å². The third-order valence-electron chi connectivity index (χ3n) is 4.15. The van der Waals surface area contributed by atoms with Crippen molar-refractivity contribution >= 4 is 56.3 Å². The number of nitrogens with one attached hydrogen (secondary N) is 3. The van der Waals surface area contributed by atoms with Crippen LogP contribution < -0.4 is 5.69 Å². The van der Waals surface area contributed by atoms with E-state index in [2.05, 4.69) is 32.6 Å². The molecule has 3 N–H and O–H groups in total. The van der Waals surface area contributed by atoms with Gasteiger partial charge in [-0.15, -0.1) is 12.6 Å². The number of unbranched alkanes of at least 4 members (excludes halogenated alkanes) is 1. The third kappa shape index (κ3) is 6.76. The molecular formula is C19H26ClN5O3S2. The Hall–Kier alpha value is -2.01. The molecule has 3 heterocycles. The number of halogens is 1. The number of thiol groups is 1. The summed E-state index contributed by atoms with van der Waals surface area (Å²) in [7, 11) is -3.34. The Morgan fingerprint density at radius 2 is 2.03 bits per heavy atom. The van der Waals surface area contributed by atoms with E-state index in [-0.39, 0.29) is 10.1 Å². The number of nitrogens with zero attached hydrogens (tertiary/aromatic N) is 2. The van der Waals surface area contributed by atoms with E-state index in [4.69, 9.17) is 11.6 Å². The lowest BCUT2D eigenvalue weighted by Crippen LogP contribution is -2.31. The van der Waals surface area contributed by atoms with E-state index in [0.29, 0.717) is 13.1 Å². The van der Waals surface area contributed by atoms with Gasteiger partial charge in [-0.25, -0.2) is 18.2 Å². The molecule has 3 aromatic heterocycles. The first-order valence-electron chi connectivity index (χ1n) is 9.55. The first-order chi connectivity index (χ1) is 14.3. The number of aromatic amines is 3. The van der Waals surface area contributed by atoms with Crippen molar-refractivity contribution in [3.8, 4) is 0 Å². The van der Waals surface area contributed by atoms with Gasteiger partial charge < -0.3 is 15.0 Å². The Morgan fingerprint density at radius 1 is 1.27 bits per heavy atom. The van der Waals surface area contributed by atoms with Crippen LogP contribution in [0.2, 0.25) is 0 Å². The first kappa shape index (κ1) is 24.3. The van der Waals surface area contributed by atoms with Crippen LogP contribution in [0.5, 0.6) is 0 Å². The van der Waals surface area contributed by atoms with Gasteiger partial charge in [-0.05, 0) is 31.1 Å². The van der Waals surface area contributed by atoms with Crippen LogP contribution in [-0.4, -0.2) is 45.7 Å². The van der Waals surface area contributed by atoms with E-state index in [0.717, 1.165) is 46.7 Å². The molecule has 0 aromatic carbocycles. The predicted molar refractivity (Wildman–Crippen MR) is 126 cm³/mol. The number of imidazole rings is 1. The van der Waals surface area contributed by atoms with Gasteiger partial charge in [0.2, 0.25) is 10.0 Å². The summed E-state index contributed by atoms with van der Waals surface area (Å²) in [6.07, 6.45) is 8.91. The van der Waals surface area contributed by atoms with Gasteiger partial charge in [0, 0.05) is 30.1 Å². The van der Waals surface area contributed by atoms with Crippen LogP contribution in [0.25, 0.3) is 22.1 Å². The van der Waals surface area contributed by atoms with Gasteiger partial charge >= 0.3 is 5.69 Å². The Balaban J connectivity index is 0.000000218. The molecule has 0 aliphatic heterocycles. The van der Waals surface area contributed by atoms with Gasteiger partial charge in [0.25, 0.3) is 0 Å². The molecule has 30 heavy (non-hydrogen) atoms. The Labute approximate surface area is 185 Å². The smallest absolute Gasteiger partial charge is 0.323 e. The number of H-pyrrole nitrogens is 3. The quantitative estimate of drug-likeness (QED) is 0.292. The molecule has 0 saturated carbocycles. The molecule has 0 fully saturated rings. The van der Waals surface area contributed by atoms with Crippen LogP contribution in [0.4, 0.5) is 0 Å². The highest BCUT2D eigenvalue weighted by molar-refractivity contribution is 7.92. The van der Waals surface area contributed by atoms with Crippen molar-refractivity contribution in [3.05, 3.63) is 50.9 Å². The molecule has 0 unspecified atom stereocenters. The summed E-state index contributed by atoms with van der Waals surface area (Å²) in [5.41, 5.74) is 2.11. The maximum absolute atomic E-state index is 11.9. The van der Waals surface area contributed by atoms with Gasteiger partial charge in [-0.1, -0.05) is 31.9 Å². The molecule has 0 radical (unpaired) electrons. The minimum Gasteiger partial charge on any atom is -0.346 e. The monoisotopic (exact) mass is 471 g/mol. The van der Waals surface area contributed by atoms with E-state index in [1.54, 1.807) is 12.4 Å². The average Bonchev–Trinajstić information content (AvgIpc) is 3.30. The highest BCUT2D eigenvalue weighted by atomic mass is 35.5. The molecule has 11 heteroatoms. The van der Waals surface area contributed by atoms with Gasteiger partial charge in [0.05, 0.1) is 21.6 Å². The number of aromatic nitrogens is 4. The molecule has 0 saturated heterocycles. The van der Waals surface area contributed by atoms with Crippen molar-refractivity contribution in [1.82, 2.24) is 24.2 Å². The molecular weight excluding hydrogens is 446 g/mol. The minimum atomic E-state index is -3.34. The number of hydrogen-bond acceptors (Lipinski definition) is 5. The van der Waals surface area contributed by atoms with Crippen molar-refractivity contribution in [2.75, 3.05) is 13.1 Å². The van der Waals surface area contributed by atoms with Gasteiger partial charge in [-0.2, -0.15) is 4.31 Å². The van der Waals surface area contributed by atoms with Crippen LogP contribution in [-0.2, 0) is 10.0 Å². The van der Waals surface area contributed by atoms with Gasteiger partial charge in [-0.3, -0.25) is 0 Å². The molecule has 0 spiro atoms. The molecule has 0 bridgehead atoms. The third-order valence-corrected chi connectivity index (χ3v) is 6.01. The standard InChI is InChI=1S/C11H20ClNO2S2.C8H6N4O/c1-3-5-9-13(8-4-2)17(14,15)10-6-7-11(12)16;13-8-11-5-3-10-7-4(1-2-9-7)6(5)12-8/h6-7,10,16H,3-5,8-9H2,1-2H3;1-3H,(H,9,10)(H2,11,12,13)/b10-6+,11-7-;. The summed E-state index contributed by atoms with van der Waals surface area (Å²) in [4.78, 5) is 23.5. The van der Waals surface area contributed by atoms with Crippen molar-refractivity contribution in [3.63, 3.8) is 0 Å². The van der Waals surface area contributed by atoms with Gasteiger partial charge in [0.15, 0.2) is 0 Å². The minimum absolute atomic E-state index is 0.203. The van der Waals surface area contributed by atoms with Crippen LogP contribution in [0.3, 0.4) is 0 Å². The molecule has 0 atom stereocenters. The van der Waals surface area contributed by atoms with E-state index >= 15 is 0 Å². The SMILES string of the molecule is CCCCN(CCC)S(=O)(=O)/C=C/C=C(\S)Cl.O=c1[nH]c2cnc3[nH]ccc3c2[nH]1. The molecule has 164 valence electrons. The number of pyridine rings is 1. The number of hydrogen-bond donors (Lipinski definition) is 4. The van der Waals surface area contributed by atoms with Crippen molar-refractivity contribution in [2.45, 2.75) is 33.1 Å². The maximum atomic E-state index is 11.9. The second-order valence-corrected chi connectivity index (χ2v) is 9.45. The summed E-state index contributed by atoms with van der Waals surface area (Å²) in [6.45, 7) is 5.11. The highest BCUT2D eigenvalue weighted by Gasteiger charge is 2.16. The lowest BCUT2D eigenvalue weighted by Gasteiger charge is -2.18. The largest absolute Gasteiger partial charge is 0.346 e. The lowest BCUT2D eigenvalue weighted by atomic mass is 10.3. The summed E-state index contributed by atoms with van der Waals surface area (Å²) in [6, 6.07) is 1.88. The highest BCUT2D eigenvalue weighted by Crippen LogP contribution is 2.17. The van der Waals surface area contributed by atoms with Crippen LogP contribution in [0, 0.1) is 0 Å². The molecule has 0 amide bonds. The Morgan fingerprint density at radius 3 is 2.70 bits per heavy atom. The van der Waals surface area contributed by atoms with Gasteiger partial charge in [0.1, 0.15) is 5.65 Å². The number of allylic oxidation sites excluding steroid dienone is 2.